The number of hydrogen-bond acceptors (Lipinski definition) is 3. The first kappa shape index (κ1) is 17.0. The van der Waals surface area contributed by atoms with E-state index in [1.807, 2.05) is 30.3 Å². The van der Waals surface area contributed by atoms with Gasteiger partial charge in [-0.2, -0.15) is 0 Å². The third-order valence-electron chi connectivity index (χ3n) is 4.82. The summed E-state index contributed by atoms with van der Waals surface area (Å²) in [5, 5.41) is 4.17. The summed E-state index contributed by atoms with van der Waals surface area (Å²) in [5.41, 5.74) is 5.56. The van der Waals surface area contributed by atoms with Crippen molar-refractivity contribution >= 4 is 22.9 Å². The van der Waals surface area contributed by atoms with Gasteiger partial charge in [-0.3, -0.25) is 4.79 Å². The molecule has 0 saturated heterocycles. The highest BCUT2D eigenvalue weighted by molar-refractivity contribution is 7.15. The first-order valence-electron chi connectivity index (χ1n) is 9.01. The zero-order valence-electron chi connectivity index (χ0n) is 15.1. The van der Waals surface area contributed by atoms with Crippen LogP contribution in [0, 0.1) is 19.8 Å². The Morgan fingerprint density at radius 2 is 1.85 bits per heavy atom. The summed E-state index contributed by atoms with van der Waals surface area (Å²) in [6, 6.07) is 16.4. The van der Waals surface area contributed by atoms with E-state index >= 15 is 0 Å². The number of nitrogens with one attached hydrogen (secondary N) is 1. The highest BCUT2D eigenvalue weighted by Crippen LogP contribution is 2.35. The van der Waals surface area contributed by atoms with Crippen LogP contribution in [0.4, 0.5) is 5.69 Å². The van der Waals surface area contributed by atoms with Gasteiger partial charge in [-0.1, -0.05) is 36.4 Å². The third kappa shape index (κ3) is 3.56. The Bertz CT molecular complexity index is 926. The van der Waals surface area contributed by atoms with Crippen LogP contribution in [-0.4, -0.2) is 10.9 Å². The van der Waals surface area contributed by atoms with Gasteiger partial charge in [0, 0.05) is 22.0 Å². The molecule has 0 spiro atoms. The minimum atomic E-state index is 0.0207. The predicted octanol–water partition coefficient (Wildman–Crippen LogP) is 5.17. The van der Waals surface area contributed by atoms with Gasteiger partial charge < -0.3 is 5.32 Å². The zero-order chi connectivity index (χ0) is 18.1. The van der Waals surface area contributed by atoms with Gasteiger partial charge in [0.25, 0.3) is 0 Å². The lowest BCUT2D eigenvalue weighted by Gasteiger charge is -2.20. The van der Waals surface area contributed by atoms with Crippen LogP contribution in [0.5, 0.6) is 0 Å². The summed E-state index contributed by atoms with van der Waals surface area (Å²) in [4.78, 5) is 18.8. The van der Waals surface area contributed by atoms with E-state index < -0.39 is 0 Å². The van der Waals surface area contributed by atoms with Crippen molar-refractivity contribution in [1.29, 1.82) is 0 Å². The molecule has 1 aliphatic carbocycles. The van der Waals surface area contributed by atoms with Gasteiger partial charge in [-0.25, -0.2) is 4.98 Å². The molecule has 1 aromatic heterocycles. The molecule has 4 heteroatoms. The molecular formula is C22H22N2OS. The smallest absolute Gasteiger partial charge is 0.227 e. The molecule has 1 amide bonds. The van der Waals surface area contributed by atoms with E-state index in [-0.39, 0.29) is 11.8 Å². The minimum Gasteiger partial charge on any atom is -0.326 e. The van der Waals surface area contributed by atoms with E-state index in [4.69, 9.17) is 4.98 Å². The Labute approximate surface area is 158 Å². The molecular weight excluding hydrogens is 340 g/mol. The monoisotopic (exact) mass is 362 g/mol. The number of amides is 1. The van der Waals surface area contributed by atoms with E-state index in [1.165, 1.54) is 21.7 Å². The second kappa shape index (κ2) is 7.04. The van der Waals surface area contributed by atoms with Crippen molar-refractivity contribution in [2.24, 2.45) is 5.92 Å². The molecule has 2 aromatic carbocycles. The molecule has 1 atom stereocenters. The van der Waals surface area contributed by atoms with Gasteiger partial charge in [0.05, 0.1) is 5.69 Å². The minimum absolute atomic E-state index is 0.0207. The topological polar surface area (TPSA) is 42.0 Å². The van der Waals surface area contributed by atoms with Crippen LogP contribution in [0.2, 0.25) is 0 Å². The van der Waals surface area contributed by atoms with Crippen molar-refractivity contribution in [2.75, 3.05) is 5.32 Å². The second-order valence-corrected chi connectivity index (χ2v) is 8.14. The van der Waals surface area contributed by atoms with Gasteiger partial charge in [0.2, 0.25) is 5.91 Å². The Kier molecular flexibility index (Phi) is 4.60. The largest absolute Gasteiger partial charge is 0.326 e. The van der Waals surface area contributed by atoms with Crippen molar-refractivity contribution in [2.45, 2.75) is 33.1 Å². The van der Waals surface area contributed by atoms with E-state index in [2.05, 4.69) is 37.4 Å². The first-order valence-corrected chi connectivity index (χ1v) is 9.83. The van der Waals surface area contributed by atoms with Crippen LogP contribution in [0.25, 0.3) is 10.6 Å². The maximum Gasteiger partial charge on any atom is 0.227 e. The maximum absolute atomic E-state index is 12.7. The van der Waals surface area contributed by atoms with Gasteiger partial charge >= 0.3 is 0 Å². The molecule has 0 saturated carbocycles. The summed E-state index contributed by atoms with van der Waals surface area (Å²) in [6.45, 7) is 4.11. The van der Waals surface area contributed by atoms with Crippen LogP contribution in [-0.2, 0) is 17.6 Å². The molecule has 0 radical (unpaired) electrons. The lowest BCUT2D eigenvalue weighted by atomic mass is 9.90. The highest BCUT2D eigenvalue weighted by Gasteiger charge is 2.27. The van der Waals surface area contributed by atoms with Crippen molar-refractivity contribution in [3.63, 3.8) is 0 Å². The third-order valence-corrected chi connectivity index (χ3v) is 5.99. The fourth-order valence-electron chi connectivity index (χ4n) is 3.59. The number of carbonyl (C=O) groups excluding carboxylic acids is 1. The van der Waals surface area contributed by atoms with Crippen molar-refractivity contribution in [3.8, 4) is 10.6 Å². The molecule has 1 aliphatic rings. The van der Waals surface area contributed by atoms with E-state index in [0.717, 1.165) is 35.5 Å². The number of rotatable bonds is 3. The van der Waals surface area contributed by atoms with Crippen LogP contribution in [0.15, 0.2) is 48.5 Å². The average molecular weight is 362 g/mol. The van der Waals surface area contributed by atoms with Crippen LogP contribution >= 0.6 is 11.3 Å². The lowest BCUT2D eigenvalue weighted by molar-refractivity contribution is -0.120. The maximum atomic E-state index is 12.7. The second-order valence-electron chi connectivity index (χ2n) is 7.06. The molecule has 1 heterocycles. The molecule has 0 bridgehead atoms. The van der Waals surface area contributed by atoms with Gasteiger partial charge in [-0.15, -0.1) is 11.3 Å². The van der Waals surface area contributed by atoms with Gasteiger partial charge in [-0.05, 0) is 56.4 Å². The zero-order valence-corrected chi connectivity index (χ0v) is 15.9. The number of hydrogen-bond donors (Lipinski definition) is 1. The lowest BCUT2D eigenvalue weighted by Crippen LogP contribution is -2.27. The first-order chi connectivity index (χ1) is 12.6. The molecule has 4 rings (SSSR count). The highest BCUT2D eigenvalue weighted by atomic mass is 32.1. The molecule has 0 fully saturated rings. The summed E-state index contributed by atoms with van der Waals surface area (Å²) >= 11 is 1.73. The molecule has 1 N–H and O–H groups in total. The summed E-state index contributed by atoms with van der Waals surface area (Å²) in [7, 11) is 0. The molecule has 1 unspecified atom stereocenters. The number of fused-ring (bicyclic) bond motifs is 1. The fraction of sp³-hybridized carbons (Fsp3) is 0.273. The Balaban J connectivity index is 1.49. The summed E-state index contributed by atoms with van der Waals surface area (Å²) in [5.74, 6) is 0.141. The van der Waals surface area contributed by atoms with Crippen LogP contribution in [0.1, 0.15) is 28.1 Å². The Morgan fingerprint density at radius 3 is 2.58 bits per heavy atom. The SMILES string of the molecule is Cc1cc(C)cc(NC(=O)C2CCc3nc(-c4ccccc4)sc3C2)c1. The van der Waals surface area contributed by atoms with Crippen LogP contribution in [0.3, 0.4) is 0 Å². The average Bonchev–Trinajstić information content (AvgIpc) is 3.05. The quantitative estimate of drug-likeness (QED) is 0.698. The van der Waals surface area contributed by atoms with E-state index in [1.54, 1.807) is 11.3 Å². The Morgan fingerprint density at radius 1 is 1.12 bits per heavy atom. The van der Waals surface area contributed by atoms with Crippen molar-refractivity contribution in [3.05, 3.63) is 70.2 Å². The van der Waals surface area contributed by atoms with Crippen LogP contribution < -0.4 is 5.32 Å². The number of aryl methyl sites for hydroxylation is 3. The normalized spacial score (nSPS) is 16.2. The van der Waals surface area contributed by atoms with Gasteiger partial charge in [0.1, 0.15) is 5.01 Å². The Hall–Kier alpha value is -2.46. The summed E-state index contributed by atoms with van der Waals surface area (Å²) < 4.78 is 0. The number of aromatic nitrogens is 1. The summed E-state index contributed by atoms with van der Waals surface area (Å²) in [6.07, 6.45) is 2.53. The molecule has 3 nitrogen and oxygen atoms in total. The van der Waals surface area contributed by atoms with Crippen molar-refractivity contribution in [1.82, 2.24) is 4.98 Å². The molecule has 3 aromatic rings. The number of benzene rings is 2. The number of anilines is 1. The van der Waals surface area contributed by atoms with E-state index in [0.29, 0.717) is 0 Å². The number of thiazole rings is 1. The molecule has 26 heavy (non-hydrogen) atoms. The predicted molar refractivity (Wildman–Crippen MR) is 108 cm³/mol. The van der Waals surface area contributed by atoms with Gasteiger partial charge in [0.15, 0.2) is 0 Å². The standard InChI is InChI=1S/C22H22N2OS/c1-14-10-15(2)12-18(11-14)23-21(25)17-8-9-19-20(13-17)26-22(24-19)16-6-4-3-5-7-16/h3-7,10-12,17H,8-9,13H2,1-2H3,(H,23,25). The number of carbonyl (C=O) groups is 1. The number of nitrogens with zero attached hydrogens (tertiary/aromatic N) is 1. The fourth-order valence-corrected chi connectivity index (χ4v) is 4.79. The van der Waals surface area contributed by atoms with Crippen molar-refractivity contribution < 1.29 is 4.79 Å². The van der Waals surface area contributed by atoms with E-state index in [9.17, 15) is 4.79 Å². The molecule has 132 valence electrons. The molecule has 0 aliphatic heterocycles.